The van der Waals surface area contributed by atoms with Crippen LogP contribution in [0.1, 0.15) is 43.0 Å². The number of benzene rings is 1. The summed E-state index contributed by atoms with van der Waals surface area (Å²) in [7, 11) is 1.78. The molecule has 2 aliphatic heterocycles. The van der Waals surface area contributed by atoms with Gasteiger partial charge in [-0.3, -0.25) is 4.79 Å². The van der Waals surface area contributed by atoms with Crippen LogP contribution in [-0.4, -0.2) is 53.9 Å². The van der Waals surface area contributed by atoms with Crippen LogP contribution in [0, 0.1) is 0 Å². The number of methoxy groups -OCH3 is 1. The lowest BCUT2D eigenvalue weighted by Gasteiger charge is -2.48. The summed E-state index contributed by atoms with van der Waals surface area (Å²) in [5.74, 6) is 0.132. The van der Waals surface area contributed by atoms with E-state index in [-0.39, 0.29) is 17.6 Å². The van der Waals surface area contributed by atoms with Crippen LogP contribution in [0.25, 0.3) is 10.9 Å². The number of amides is 1. The second kappa shape index (κ2) is 7.05. The van der Waals surface area contributed by atoms with Crippen molar-refractivity contribution in [2.24, 2.45) is 0 Å². The van der Waals surface area contributed by atoms with E-state index in [4.69, 9.17) is 9.47 Å². The van der Waals surface area contributed by atoms with Crippen molar-refractivity contribution in [3.05, 3.63) is 36.0 Å². The van der Waals surface area contributed by atoms with Crippen LogP contribution in [0.4, 0.5) is 0 Å². The van der Waals surface area contributed by atoms with Gasteiger partial charge in [-0.25, -0.2) is 0 Å². The number of carbonyl (C=O) groups is 1. The van der Waals surface area contributed by atoms with E-state index in [1.165, 1.54) is 0 Å². The Bertz CT molecular complexity index is 790. The number of hydrogen-bond acceptors (Lipinski definition) is 3. The molecule has 1 aromatic carbocycles. The van der Waals surface area contributed by atoms with E-state index >= 15 is 0 Å². The molecule has 2 aromatic rings. The van der Waals surface area contributed by atoms with Crippen LogP contribution >= 0.6 is 0 Å². The number of likely N-dealkylation sites (tertiary alicyclic amines) is 1. The summed E-state index contributed by atoms with van der Waals surface area (Å²) in [5.41, 5.74) is 1.73. The van der Waals surface area contributed by atoms with Gasteiger partial charge in [0.25, 0.3) is 5.91 Å². The van der Waals surface area contributed by atoms with Gasteiger partial charge in [0, 0.05) is 50.5 Å². The Morgan fingerprint density at radius 2 is 2.08 bits per heavy atom. The monoisotopic (exact) mass is 356 g/mol. The minimum Gasteiger partial charge on any atom is -0.378 e. The lowest BCUT2D eigenvalue weighted by Crippen LogP contribution is -2.56. The molecule has 0 aliphatic carbocycles. The Hall–Kier alpha value is -1.85. The first-order valence-electron chi connectivity index (χ1n) is 9.72. The fourth-order valence-corrected chi connectivity index (χ4v) is 4.64. The van der Waals surface area contributed by atoms with Crippen LogP contribution in [0.3, 0.4) is 0 Å². The maximum Gasteiger partial charge on any atom is 0.256 e. The molecule has 26 heavy (non-hydrogen) atoms. The van der Waals surface area contributed by atoms with E-state index in [2.05, 4.69) is 17.6 Å². The highest BCUT2D eigenvalue weighted by Crippen LogP contribution is 2.37. The Labute approximate surface area is 154 Å². The summed E-state index contributed by atoms with van der Waals surface area (Å²) >= 11 is 0. The van der Waals surface area contributed by atoms with E-state index in [0.717, 1.165) is 68.4 Å². The number of nitrogens with zero attached hydrogens (tertiary/aromatic N) is 2. The summed E-state index contributed by atoms with van der Waals surface area (Å²) < 4.78 is 14.0. The topological polar surface area (TPSA) is 43.7 Å². The van der Waals surface area contributed by atoms with Crippen LogP contribution in [0.5, 0.6) is 0 Å². The molecule has 5 nitrogen and oxygen atoms in total. The van der Waals surface area contributed by atoms with E-state index in [1.54, 1.807) is 7.11 Å². The van der Waals surface area contributed by atoms with Gasteiger partial charge in [-0.15, -0.1) is 0 Å². The van der Waals surface area contributed by atoms with Gasteiger partial charge in [-0.1, -0.05) is 18.2 Å². The molecule has 1 spiro atoms. The zero-order valence-corrected chi connectivity index (χ0v) is 15.7. The van der Waals surface area contributed by atoms with Crippen molar-refractivity contribution in [3.8, 4) is 0 Å². The lowest BCUT2D eigenvalue weighted by molar-refractivity contribution is -0.183. The molecule has 0 unspecified atom stereocenters. The number of ether oxygens (including phenoxy) is 2. The molecule has 1 amide bonds. The molecule has 5 heteroatoms. The first-order valence-corrected chi connectivity index (χ1v) is 9.72. The van der Waals surface area contributed by atoms with Crippen molar-refractivity contribution in [1.82, 2.24) is 9.47 Å². The van der Waals surface area contributed by atoms with Gasteiger partial charge in [0.2, 0.25) is 0 Å². The first-order chi connectivity index (χ1) is 12.7. The molecule has 0 radical (unpaired) electrons. The highest BCUT2D eigenvalue weighted by molar-refractivity contribution is 6.07. The van der Waals surface area contributed by atoms with Gasteiger partial charge < -0.3 is 18.9 Å². The summed E-state index contributed by atoms with van der Waals surface area (Å²) in [6.45, 7) is 5.23. The summed E-state index contributed by atoms with van der Waals surface area (Å²) in [4.78, 5) is 15.2. The fourth-order valence-electron chi connectivity index (χ4n) is 4.64. The number of aromatic nitrogens is 1. The largest absolute Gasteiger partial charge is 0.378 e. The average molecular weight is 356 g/mol. The number of hydrogen-bond donors (Lipinski definition) is 0. The van der Waals surface area contributed by atoms with Crippen molar-refractivity contribution in [3.63, 3.8) is 0 Å². The van der Waals surface area contributed by atoms with Crippen molar-refractivity contribution < 1.29 is 14.3 Å². The number of fused-ring (bicyclic) bond motifs is 1. The summed E-state index contributed by atoms with van der Waals surface area (Å²) in [5, 5.41) is 1.04. The zero-order chi connectivity index (χ0) is 18.1. The predicted octanol–water partition coefficient (Wildman–Crippen LogP) is 3.46. The van der Waals surface area contributed by atoms with Crippen LogP contribution in [-0.2, 0) is 16.0 Å². The van der Waals surface area contributed by atoms with Gasteiger partial charge in [0.15, 0.2) is 0 Å². The molecule has 1 atom stereocenters. The molecular formula is C21H28N2O3. The molecule has 2 fully saturated rings. The molecule has 0 saturated carbocycles. The van der Waals surface area contributed by atoms with Gasteiger partial charge in [0.1, 0.15) is 0 Å². The van der Waals surface area contributed by atoms with Gasteiger partial charge >= 0.3 is 0 Å². The number of piperidine rings is 1. The average Bonchev–Trinajstić information content (AvgIpc) is 3.07. The second-order valence-electron chi connectivity index (χ2n) is 7.42. The molecule has 140 valence electrons. The summed E-state index contributed by atoms with van der Waals surface area (Å²) in [6.07, 6.45) is 5.96. The minimum atomic E-state index is -0.207. The number of rotatable bonds is 3. The number of carbonyl (C=O) groups excluding carboxylic acids is 1. The maximum absolute atomic E-state index is 13.2. The van der Waals surface area contributed by atoms with Gasteiger partial charge in [-0.2, -0.15) is 0 Å². The SMILES string of the molecule is CCn1cc(C(=O)N2CCC3(CC2)OCCC[C@H]3OC)c2ccccc21. The third kappa shape index (κ3) is 2.83. The van der Waals surface area contributed by atoms with E-state index in [1.807, 2.05) is 29.3 Å². The molecule has 0 N–H and O–H groups in total. The number of para-hydroxylation sites is 1. The molecule has 0 bridgehead atoms. The third-order valence-corrected chi connectivity index (χ3v) is 6.13. The lowest BCUT2D eigenvalue weighted by atomic mass is 9.81. The van der Waals surface area contributed by atoms with E-state index in [0.29, 0.717) is 0 Å². The van der Waals surface area contributed by atoms with E-state index < -0.39 is 0 Å². The number of aryl methyl sites for hydroxylation is 1. The molecule has 3 heterocycles. The highest BCUT2D eigenvalue weighted by Gasteiger charge is 2.45. The van der Waals surface area contributed by atoms with Gasteiger partial charge in [0.05, 0.1) is 17.3 Å². The Balaban J connectivity index is 1.54. The van der Waals surface area contributed by atoms with Crippen LogP contribution in [0.15, 0.2) is 30.5 Å². The smallest absolute Gasteiger partial charge is 0.256 e. The fraction of sp³-hybridized carbons (Fsp3) is 0.571. The summed E-state index contributed by atoms with van der Waals surface area (Å²) in [6, 6.07) is 8.16. The van der Waals surface area contributed by atoms with Crippen LogP contribution < -0.4 is 0 Å². The van der Waals surface area contributed by atoms with Crippen molar-refractivity contribution in [2.75, 3.05) is 26.8 Å². The Kier molecular flexibility index (Phi) is 4.76. The maximum atomic E-state index is 13.2. The second-order valence-corrected chi connectivity index (χ2v) is 7.42. The standard InChI is InChI=1S/C21H28N2O3/c1-3-22-15-17(16-7-4-5-8-18(16)22)20(24)23-12-10-21(11-13-23)19(25-2)9-6-14-26-21/h4-5,7-8,15,19H,3,6,9-14H2,1-2H3/t19-/m1/s1. The molecule has 2 aliphatic rings. The normalized spacial score (nSPS) is 22.8. The molecular weight excluding hydrogens is 328 g/mol. The van der Waals surface area contributed by atoms with Crippen molar-refractivity contribution in [2.45, 2.75) is 50.9 Å². The third-order valence-electron chi connectivity index (χ3n) is 6.13. The quantitative estimate of drug-likeness (QED) is 0.846. The van der Waals surface area contributed by atoms with Crippen molar-refractivity contribution in [1.29, 1.82) is 0 Å². The first kappa shape index (κ1) is 17.6. The van der Waals surface area contributed by atoms with Crippen LogP contribution in [0.2, 0.25) is 0 Å². The highest BCUT2D eigenvalue weighted by atomic mass is 16.5. The predicted molar refractivity (Wildman–Crippen MR) is 101 cm³/mol. The minimum absolute atomic E-state index is 0.132. The van der Waals surface area contributed by atoms with E-state index in [9.17, 15) is 4.79 Å². The Morgan fingerprint density at radius 3 is 2.81 bits per heavy atom. The Morgan fingerprint density at radius 1 is 1.31 bits per heavy atom. The van der Waals surface area contributed by atoms with Crippen molar-refractivity contribution >= 4 is 16.8 Å². The molecule has 2 saturated heterocycles. The van der Waals surface area contributed by atoms with Gasteiger partial charge in [-0.05, 0) is 38.7 Å². The molecule has 4 rings (SSSR count). The zero-order valence-electron chi connectivity index (χ0n) is 15.7. The molecule has 1 aromatic heterocycles.